The van der Waals surface area contributed by atoms with Crippen LogP contribution in [0.25, 0.3) is 0 Å². The number of nitrogens with one attached hydrogen (secondary N) is 1. The lowest BCUT2D eigenvalue weighted by molar-refractivity contribution is -0.184. The number of carbonyl (C=O) groups is 2. The van der Waals surface area contributed by atoms with Crippen molar-refractivity contribution >= 4 is 11.9 Å². The van der Waals surface area contributed by atoms with Crippen LogP contribution < -0.4 is 5.32 Å². The Morgan fingerprint density at radius 3 is 2.19 bits per heavy atom. The molecule has 2 aromatic rings. The van der Waals surface area contributed by atoms with Crippen molar-refractivity contribution in [2.45, 2.75) is 32.3 Å². The first kappa shape index (κ1) is 19.6. The van der Waals surface area contributed by atoms with Crippen LogP contribution in [0.3, 0.4) is 0 Å². The van der Waals surface area contributed by atoms with E-state index in [1.165, 1.54) is 0 Å². The summed E-state index contributed by atoms with van der Waals surface area (Å²) < 4.78 is 10.2. The lowest BCUT2D eigenvalue weighted by Gasteiger charge is -2.24. The summed E-state index contributed by atoms with van der Waals surface area (Å²) >= 11 is 0. The molecule has 1 unspecified atom stereocenters. The van der Waals surface area contributed by atoms with Gasteiger partial charge in [0.05, 0.1) is 6.04 Å². The van der Waals surface area contributed by atoms with Crippen molar-refractivity contribution < 1.29 is 24.2 Å². The molecule has 0 heterocycles. The fourth-order valence-electron chi connectivity index (χ4n) is 2.46. The van der Waals surface area contributed by atoms with Gasteiger partial charge in [0.1, 0.15) is 0 Å². The Morgan fingerprint density at radius 2 is 1.62 bits per heavy atom. The van der Waals surface area contributed by atoms with Gasteiger partial charge in [-0.25, -0.2) is 4.79 Å². The molecular formula is C20H23NO5. The third kappa shape index (κ3) is 5.40. The Kier molecular flexibility index (Phi) is 7.32. The van der Waals surface area contributed by atoms with Gasteiger partial charge in [0.15, 0.2) is 12.4 Å². The number of esters is 1. The van der Waals surface area contributed by atoms with Crippen molar-refractivity contribution in [1.82, 2.24) is 5.32 Å². The summed E-state index contributed by atoms with van der Waals surface area (Å²) in [7, 11) is 0. The number of aliphatic hydroxyl groups is 1. The van der Waals surface area contributed by atoms with Gasteiger partial charge in [0.25, 0.3) is 5.91 Å². The van der Waals surface area contributed by atoms with Crippen LogP contribution in [-0.2, 0) is 14.3 Å². The number of amides is 1. The molecule has 0 saturated heterocycles. The minimum atomic E-state index is -1.58. The maximum absolute atomic E-state index is 12.5. The van der Waals surface area contributed by atoms with Crippen LogP contribution in [0.4, 0.5) is 0 Å². The molecule has 0 aromatic heterocycles. The highest BCUT2D eigenvalue weighted by Gasteiger charge is 2.31. The van der Waals surface area contributed by atoms with E-state index in [0.717, 1.165) is 0 Å². The topological polar surface area (TPSA) is 84.9 Å². The van der Waals surface area contributed by atoms with Crippen molar-refractivity contribution in [3.8, 4) is 0 Å². The van der Waals surface area contributed by atoms with Crippen LogP contribution in [0.15, 0.2) is 60.7 Å². The zero-order valence-electron chi connectivity index (χ0n) is 14.8. The second-order valence-corrected chi connectivity index (χ2v) is 5.63. The Balaban J connectivity index is 2.18. The molecule has 0 bridgehead atoms. The number of ether oxygens (including phenoxy) is 2. The van der Waals surface area contributed by atoms with E-state index in [2.05, 4.69) is 5.32 Å². The minimum absolute atomic E-state index is 0.372. The maximum Gasteiger partial charge on any atom is 0.339 e. The van der Waals surface area contributed by atoms with Crippen molar-refractivity contribution in [3.63, 3.8) is 0 Å². The summed E-state index contributed by atoms with van der Waals surface area (Å²) in [5.74, 6) is -1.27. The van der Waals surface area contributed by atoms with Crippen LogP contribution in [0.5, 0.6) is 0 Å². The molecule has 0 aliphatic heterocycles. The zero-order valence-corrected chi connectivity index (χ0v) is 14.8. The quantitative estimate of drug-likeness (QED) is 0.560. The summed E-state index contributed by atoms with van der Waals surface area (Å²) in [5, 5.41) is 13.2. The molecule has 0 aliphatic carbocycles. The van der Waals surface area contributed by atoms with E-state index in [9.17, 15) is 14.7 Å². The molecule has 0 spiro atoms. The smallest absolute Gasteiger partial charge is 0.339 e. The summed E-state index contributed by atoms with van der Waals surface area (Å²) in [6, 6.07) is 16.4. The zero-order chi connectivity index (χ0) is 18.9. The number of hydrogen-bond donors (Lipinski definition) is 2. The van der Waals surface area contributed by atoms with Gasteiger partial charge in [-0.2, -0.15) is 0 Å². The fraction of sp³-hybridized carbons (Fsp3) is 0.300. The lowest BCUT2D eigenvalue weighted by atomic mass is 10.0. The molecule has 3 atom stereocenters. The summed E-state index contributed by atoms with van der Waals surface area (Å²) in [5.41, 5.74) is 1.02. The number of aliphatic hydroxyl groups excluding tert-OH is 1. The Bertz CT molecular complexity index is 705. The highest BCUT2D eigenvalue weighted by molar-refractivity contribution is 5.94. The predicted octanol–water partition coefficient (Wildman–Crippen LogP) is 2.44. The van der Waals surface area contributed by atoms with Crippen LogP contribution in [0, 0.1) is 0 Å². The van der Waals surface area contributed by atoms with Gasteiger partial charge < -0.3 is 19.9 Å². The maximum atomic E-state index is 12.5. The number of rotatable bonds is 8. The van der Waals surface area contributed by atoms with Crippen LogP contribution in [-0.4, -0.2) is 36.0 Å². The fourth-order valence-corrected chi connectivity index (χ4v) is 2.46. The first-order valence-electron chi connectivity index (χ1n) is 8.44. The van der Waals surface area contributed by atoms with Gasteiger partial charge in [-0.05, 0) is 31.5 Å². The molecule has 2 N–H and O–H groups in total. The van der Waals surface area contributed by atoms with Crippen molar-refractivity contribution in [2.75, 3.05) is 6.61 Å². The van der Waals surface area contributed by atoms with Crippen molar-refractivity contribution in [1.29, 1.82) is 0 Å². The van der Waals surface area contributed by atoms with E-state index >= 15 is 0 Å². The van der Waals surface area contributed by atoms with Gasteiger partial charge in [0.2, 0.25) is 0 Å². The molecule has 0 saturated carbocycles. The second-order valence-electron chi connectivity index (χ2n) is 5.63. The molecule has 1 amide bonds. The van der Waals surface area contributed by atoms with E-state index in [4.69, 9.17) is 9.47 Å². The highest BCUT2D eigenvalue weighted by atomic mass is 16.7. The van der Waals surface area contributed by atoms with E-state index in [-0.39, 0.29) is 0 Å². The van der Waals surface area contributed by atoms with E-state index in [1.54, 1.807) is 74.5 Å². The second kappa shape index (κ2) is 9.70. The first-order chi connectivity index (χ1) is 12.5. The molecule has 0 aliphatic rings. The highest BCUT2D eigenvalue weighted by Crippen LogP contribution is 2.19. The Labute approximate surface area is 152 Å². The number of benzene rings is 2. The average molecular weight is 357 g/mol. The molecule has 0 radical (unpaired) electrons. The number of carbonyl (C=O) groups excluding carboxylic acids is 2. The molecule has 0 fully saturated rings. The van der Waals surface area contributed by atoms with E-state index in [0.29, 0.717) is 17.7 Å². The van der Waals surface area contributed by atoms with Gasteiger partial charge in [-0.3, -0.25) is 4.79 Å². The SMILES string of the molecule is CCOC(C)OC(=O)[C@H](O)[C@@H](NC(=O)c1ccccc1)c1ccccc1. The molecule has 26 heavy (non-hydrogen) atoms. The lowest BCUT2D eigenvalue weighted by Crippen LogP contribution is -2.42. The third-order valence-electron chi connectivity index (χ3n) is 3.72. The molecule has 138 valence electrons. The normalized spacial score (nSPS) is 14.1. The summed E-state index contributed by atoms with van der Waals surface area (Å²) in [6.07, 6.45) is -2.36. The molecule has 2 aromatic carbocycles. The molecule has 6 nitrogen and oxygen atoms in total. The van der Waals surface area contributed by atoms with E-state index in [1.807, 2.05) is 0 Å². The van der Waals surface area contributed by atoms with Gasteiger partial charge in [-0.15, -0.1) is 0 Å². The first-order valence-corrected chi connectivity index (χ1v) is 8.44. The Morgan fingerprint density at radius 1 is 1.04 bits per heavy atom. The van der Waals surface area contributed by atoms with Crippen molar-refractivity contribution in [2.24, 2.45) is 0 Å². The molecular weight excluding hydrogens is 334 g/mol. The standard InChI is InChI=1S/C20H23NO5/c1-3-25-14(2)26-20(24)18(22)17(15-10-6-4-7-11-15)21-19(23)16-12-8-5-9-13-16/h4-14,17-18,22H,3H2,1-2H3,(H,21,23)/t14?,17-,18+/m0/s1. The van der Waals surface area contributed by atoms with E-state index < -0.39 is 30.3 Å². The largest absolute Gasteiger partial charge is 0.434 e. The summed E-state index contributed by atoms with van der Waals surface area (Å²) in [4.78, 5) is 24.7. The van der Waals surface area contributed by atoms with Crippen LogP contribution in [0.1, 0.15) is 35.8 Å². The predicted molar refractivity (Wildman–Crippen MR) is 96.3 cm³/mol. The van der Waals surface area contributed by atoms with Gasteiger partial charge in [0, 0.05) is 12.2 Å². The van der Waals surface area contributed by atoms with Gasteiger partial charge in [-0.1, -0.05) is 48.5 Å². The molecule has 2 rings (SSSR count). The number of hydrogen-bond acceptors (Lipinski definition) is 5. The van der Waals surface area contributed by atoms with Crippen LogP contribution >= 0.6 is 0 Å². The third-order valence-corrected chi connectivity index (χ3v) is 3.72. The van der Waals surface area contributed by atoms with Crippen molar-refractivity contribution in [3.05, 3.63) is 71.8 Å². The summed E-state index contributed by atoms with van der Waals surface area (Å²) in [6.45, 7) is 3.71. The minimum Gasteiger partial charge on any atom is -0.434 e. The average Bonchev–Trinajstić information content (AvgIpc) is 2.67. The Hall–Kier alpha value is -2.70. The molecule has 6 heteroatoms. The van der Waals surface area contributed by atoms with Crippen LogP contribution in [0.2, 0.25) is 0 Å². The monoisotopic (exact) mass is 357 g/mol. The van der Waals surface area contributed by atoms with Gasteiger partial charge >= 0.3 is 5.97 Å².